The first kappa shape index (κ1) is 22.9. The molecule has 1 N–H and O–H groups in total. The number of amides is 1. The standard InChI is InChI=1S/C20H26N2O5S2/c1-6-18(15-7-10-17(11-8-15)28(4,24)25)21-20(23)16-9-12-19(14(2)13-16)22(3)29(5,26)27/h7-13,18H,6H2,1-5H3,(H,21,23)/t18-/m1/s1. The fourth-order valence-corrected chi connectivity index (χ4v) is 4.13. The van der Waals surface area contributed by atoms with Crippen molar-refractivity contribution in [2.24, 2.45) is 0 Å². The Morgan fingerprint density at radius 3 is 2.07 bits per heavy atom. The molecule has 0 spiro atoms. The summed E-state index contributed by atoms with van der Waals surface area (Å²) >= 11 is 0. The molecule has 29 heavy (non-hydrogen) atoms. The van der Waals surface area contributed by atoms with Crippen LogP contribution in [-0.4, -0.2) is 42.3 Å². The second-order valence-corrected chi connectivity index (χ2v) is 11.0. The van der Waals surface area contributed by atoms with Gasteiger partial charge in [-0.3, -0.25) is 9.10 Å². The summed E-state index contributed by atoms with van der Waals surface area (Å²) in [5, 5.41) is 2.94. The zero-order valence-electron chi connectivity index (χ0n) is 17.1. The lowest BCUT2D eigenvalue weighted by Crippen LogP contribution is -2.29. The van der Waals surface area contributed by atoms with Gasteiger partial charge < -0.3 is 5.32 Å². The van der Waals surface area contributed by atoms with Crippen LogP contribution in [0.1, 0.15) is 40.9 Å². The predicted molar refractivity (Wildman–Crippen MR) is 114 cm³/mol. The molecule has 2 rings (SSSR count). The van der Waals surface area contributed by atoms with Crippen LogP contribution in [0.5, 0.6) is 0 Å². The van der Waals surface area contributed by atoms with Crippen molar-refractivity contribution in [1.29, 1.82) is 0 Å². The summed E-state index contributed by atoms with van der Waals surface area (Å²) in [5.41, 5.74) is 2.39. The van der Waals surface area contributed by atoms with E-state index in [1.807, 2.05) is 6.92 Å². The van der Waals surface area contributed by atoms with E-state index >= 15 is 0 Å². The van der Waals surface area contributed by atoms with E-state index in [1.54, 1.807) is 37.3 Å². The Labute approximate surface area is 172 Å². The molecular weight excluding hydrogens is 412 g/mol. The lowest BCUT2D eigenvalue weighted by Gasteiger charge is -2.21. The number of aryl methyl sites for hydroxylation is 1. The van der Waals surface area contributed by atoms with E-state index < -0.39 is 19.9 Å². The van der Waals surface area contributed by atoms with Crippen molar-refractivity contribution in [3.63, 3.8) is 0 Å². The van der Waals surface area contributed by atoms with Crippen molar-refractivity contribution in [3.05, 3.63) is 59.2 Å². The normalized spacial score (nSPS) is 13.0. The number of sulfone groups is 1. The molecule has 1 atom stereocenters. The Balaban J connectivity index is 2.22. The van der Waals surface area contributed by atoms with E-state index in [9.17, 15) is 21.6 Å². The Hall–Kier alpha value is -2.39. The Morgan fingerprint density at radius 1 is 1.03 bits per heavy atom. The topological polar surface area (TPSA) is 101 Å². The zero-order chi connectivity index (χ0) is 22.0. The molecule has 1 amide bonds. The van der Waals surface area contributed by atoms with Crippen molar-refractivity contribution in [2.45, 2.75) is 31.2 Å². The first-order valence-corrected chi connectivity index (χ1v) is 12.7. The molecule has 0 bridgehead atoms. The molecule has 0 saturated heterocycles. The molecule has 0 saturated carbocycles. The van der Waals surface area contributed by atoms with Gasteiger partial charge in [0.25, 0.3) is 5.91 Å². The number of carbonyl (C=O) groups excluding carboxylic acids is 1. The number of nitrogens with one attached hydrogen (secondary N) is 1. The van der Waals surface area contributed by atoms with E-state index in [2.05, 4.69) is 5.32 Å². The molecule has 0 fully saturated rings. The highest BCUT2D eigenvalue weighted by molar-refractivity contribution is 7.92. The third kappa shape index (κ3) is 5.57. The Kier molecular flexibility index (Phi) is 6.74. The minimum absolute atomic E-state index is 0.226. The van der Waals surface area contributed by atoms with Crippen LogP contribution < -0.4 is 9.62 Å². The maximum absolute atomic E-state index is 12.7. The minimum atomic E-state index is -3.39. The van der Waals surface area contributed by atoms with E-state index in [-0.39, 0.29) is 16.8 Å². The van der Waals surface area contributed by atoms with Gasteiger partial charge in [0, 0.05) is 18.9 Å². The predicted octanol–water partition coefficient (Wildman–Crippen LogP) is 2.68. The van der Waals surface area contributed by atoms with Gasteiger partial charge in [0.1, 0.15) is 0 Å². The lowest BCUT2D eigenvalue weighted by molar-refractivity contribution is 0.0935. The SMILES string of the molecule is CC[C@@H](NC(=O)c1ccc(N(C)S(C)(=O)=O)c(C)c1)c1ccc(S(C)(=O)=O)cc1. The second kappa shape index (κ2) is 8.54. The van der Waals surface area contributed by atoms with E-state index in [4.69, 9.17) is 0 Å². The van der Waals surface area contributed by atoms with E-state index in [0.29, 0.717) is 23.2 Å². The number of hydrogen-bond acceptors (Lipinski definition) is 5. The summed E-state index contributed by atoms with van der Waals surface area (Å²) in [6.07, 6.45) is 2.89. The maximum Gasteiger partial charge on any atom is 0.251 e. The summed E-state index contributed by atoms with van der Waals surface area (Å²) in [6.45, 7) is 3.67. The molecule has 0 radical (unpaired) electrons. The fraction of sp³-hybridized carbons (Fsp3) is 0.350. The summed E-state index contributed by atoms with van der Waals surface area (Å²) in [5.74, 6) is -0.291. The molecule has 2 aromatic carbocycles. The van der Waals surface area contributed by atoms with Crippen molar-refractivity contribution in [3.8, 4) is 0 Å². The van der Waals surface area contributed by atoms with Gasteiger partial charge in [-0.15, -0.1) is 0 Å². The lowest BCUT2D eigenvalue weighted by atomic mass is 10.0. The van der Waals surface area contributed by atoms with Crippen LogP contribution in [0.2, 0.25) is 0 Å². The minimum Gasteiger partial charge on any atom is -0.345 e. The number of sulfonamides is 1. The number of benzene rings is 2. The smallest absolute Gasteiger partial charge is 0.251 e. The third-order valence-corrected chi connectivity index (χ3v) is 7.04. The number of carbonyl (C=O) groups is 1. The average molecular weight is 439 g/mol. The first-order valence-electron chi connectivity index (χ1n) is 9.00. The number of rotatable bonds is 7. The molecule has 0 aliphatic heterocycles. The Morgan fingerprint density at radius 2 is 1.62 bits per heavy atom. The summed E-state index contributed by atoms with van der Waals surface area (Å²) < 4.78 is 47.9. The highest BCUT2D eigenvalue weighted by atomic mass is 32.2. The van der Waals surface area contributed by atoms with Crippen LogP contribution >= 0.6 is 0 Å². The van der Waals surface area contributed by atoms with Gasteiger partial charge in [-0.05, 0) is 54.8 Å². The summed E-state index contributed by atoms with van der Waals surface area (Å²) in [7, 11) is -5.21. The quantitative estimate of drug-likeness (QED) is 0.716. The molecular formula is C20H26N2O5S2. The molecule has 7 nitrogen and oxygen atoms in total. The molecule has 2 aromatic rings. The molecule has 0 aliphatic rings. The monoisotopic (exact) mass is 438 g/mol. The van der Waals surface area contributed by atoms with Crippen LogP contribution in [0, 0.1) is 6.92 Å². The van der Waals surface area contributed by atoms with Gasteiger partial charge in [-0.25, -0.2) is 16.8 Å². The number of anilines is 1. The van der Waals surface area contributed by atoms with Gasteiger partial charge in [-0.2, -0.15) is 0 Å². The first-order chi connectivity index (χ1) is 13.3. The molecule has 0 aliphatic carbocycles. The van der Waals surface area contributed by atoms with Gasteiger partial charge in [0.15, 0.2) is 9.84 Å². The highest BCUT2D eigenvalue weighted by Crippen LogP contribution is 2.24. The van der Waals surface area contributed by atoms with Gasteiger partial charge in [0.05, 0.1) is 22.9 Å². The van der Waals surface area contributed by atoms with Crippen LogP contribution in [0.4, 0.5) is 5.69 Å². The third-order valence-electron chi connectivity index (χ3n) is 4.72. The molecule has 0 heterocycles. The van der Waals surface area contributed by atoms with Crippen molar-refractivity contribution in [1.82, 2.24) is 5.32 Å². The van der Waals surface area contributed by atoms with Gasteiger partial charge >= 0.3 is 0 Å². The number of hydrogen-bond donors (Lipinski definition) is 1. The number of nitrogens with zero attached hydrogens (tertiary/aromatic N) is 1. The van der Waals surface area contributed by atoms with Crippen LogP contribution in [0.3, 0.4) is 0 Å². The summed E-state index contributed by atoms with van der Waals surface area (Å²) in [4.78, 5) is 12.9. The van der Waals surface area contributed by atoms with E-state index in [1.165, 1.54) is 23.5 Å². The maximum atomic E-state index is 12.7. The zero-order valence-corrected chi connectivity index (χ0v) is 18.8. The average Bonchev–Trinajstić information content (AvgIpc) is 2.64. The molecule has 9 heteroatoms. The largest absolute Gasteiger partial charge is 0.345 e. The second-order valence-electron chi connectivity index (χ2n) is 7.01. The molecule has 158 valence electrons. The van der Waals surface area contributed by atoms with Crippen molar-refractivity contribution in [2.75, 3.05) is 23.9 Å². The molecule has 0 aromatic heterocycles. The summed E-state index contributed by atoms with van der Waals surface area (Å²) in [6, 6.07) is 11.0. The van der Waals surface area contributed by atoms with Crippen LogP contribution in [-0.2, 0) is 19.9 Å². The fourth-order valence-electron chi connectivity index (χ4n) is 2.94. The highest BCUT2D eigenvalue weighted by Gasteiger charge is 2.18. The Bertz CT molecular complexity index is 1110. The van der Waals surface area contributed by atoms with E-state index in [0.717, 1.165) is 18.1 Å². The van der Waals surface area contributed by atoms with Crippen LogP contribution in [0.25, 0.3) is 0 Å². The molecule has 0 unspecified atom stereocenters. The van der Waals surface area contributed by atoms with Crippen LogP contribution in [0.15, 0.2) is 47.4 Å². The van der Waals surface area contributed by atoms with Crippen molar-refractivity contribution >= 4 is 31.5 Å². The van der Waals surface area contributed by atoms with Gasteiger partial charge in [0.2, 0.25) is 10.0 Å². The van der Waals surface area contributed by atoms with Gasteiger partial charge in [-0.1, -0.05) is 19.1 Å². The van der Waals surface area contributed by atoms with Crippen molar-refractivity contribution < 1.29 is 21.6 Å².